The number of allylic oxidation sites excluding steroid dienone is 4. The van der Waals surface area contributed by atoms with Crippen LogP contribution in [-0.2, 0) is 9.47 Å². The molecule has 25 heavy (non-hydrogen) atoms. The molecule has 0 bridgehead atoms. The summed E-state index contributed by atoms with van der Waals surface area (Å²) < 4.78 is 12.3. The Morgan fingerprint density at radius 1 is 1.08 bits per heavy atom. The van der Waals surface area contributed by atoms with Crippen LogP contribution < -0.4 is 0 Å². The zero-order valence-corrected chi connectivity index (χ0v) is 17.4. The van der Waals surface area contributed by atoms with E-state index in [1.807, 2.05) is 0 Å². The smallest absolute Gasteiger partial charge is 0.204 e. The van der Waals surface area contributed by atoms with Crippen LogP contribution in [0, 0.1) is 23.7 Å². The van der Waals surface area contributed by atoms with Gasteiger partial charge in [-0.15, -0.1) is 0 Å². The van der Waals surface area contributed by atoms with Gasteiger partial charge in [-0.3, -0.25) is 0 Å². The lowest BCUT2D eigenvalue weighted by Gasteiger charge is -2.33. The molecule has 0 saturated heterocycles. The Balaban J connectivity index is 1.83. The van der Waals surface area contributed by atoms with Gasteiger partial charge >= 0.3 is 0 Å². The molecule has 2 aliphatic carbocycles. The van der Waals surface area contributed by atoms with Crippen molar-refractivity contribution in [1.29, 1.82) is 0 Å². The number of hydrogen-bond donors (Lipinski definition) is 0. The Labute approximate surface area is 156 Å². The minimum Gasteiger partial charge on any atom is -0.467 e. The SMILES string of the molecule is CC1CC(OC(C)(C)OCCC2CCCCC2)=CC=C1C(C)C(C)C. The highest BCUT2D eigenvalue weighted by molar-refractivity contribution is 5.25. The van der Waals surface area contributed by atoms with Crippen LogP contribution in [0.5, 0.6) is 0 Å². The van der Waals surface area contributed by atoms with E-state index >= 15 is 0 Å². The van der Waals surface area contributed by atoms with Crippen LogP contribution >= 0.6 is 0 Å². The third kappa shape index (κ3) is 6.47. The summed E-state index contributed by atoms with van der Waals surface area (Å²) in [7, 11) is 0. The Morgan fingerprint density at radius 3 is 2.36 bits per heavy atom. The van der Waals surface area contributed by atoms with Crippen molar-refractivity contribution in [2.24, 2.45) is 23.7 Å². The van der Waals surface area contributed by atoms with Crippen LogP contribution in [0.4, 0.5) is 0 Å². The third-order valence-electron chi connectivity index (χ3n) is 6.14. The average molecular weight is 349 g/mol. The van der Waals surface area contributed by atoms with Crippen molar-refractivity contribution < 1.29 is 9.47 Å². The van der Waals surface area contributed by atoms with Gasteiger partial charge in [0.1, 0.15) is 5.76 Å². The molecular weight excluding hydrogens is 308 g/mol. The highest BCUT2D eigenvalue weighted by atomic mass is 16.7. The summed E-state index contributed by atoms with van der Waals surface area (Å²) in [6.07, 6.45) is 13.6. The van der Waals surface area contributed by atoms with Crippen molar-refractivity contribution in [3.63, 3.8) is 0 Å². The molecule has 2 nitrogen and oxygen atoms in total. The van der Waals surface area contributed by atoms with E-state index in [1.54, 1.807) is 5.57 Å². The van der Waals surface area contributed by atoms with Crippen molar-refractivity contribution in [2.75, 3.05) is 6.61 Å². The van der Waals surface area contributed by atoms with Gasteiger partial charge in [0.15, 0.2) is 0 Å². The van der Waals surface area contributed by atoms with Crippen LogP contribution in [0.3, 0.4) is 0 Å². The fourth-order valence-corrected chi connectivity index (χ4v) is 4.19. The molecule has 2 aliphatic rings. The topological polar surface area (TPSA) is 18.5 Å². The lowest BCUT2D eigenvalue weighted by molar-refractivity contribution is -0.194. The molecule has 2 unspecified atom stereocenters. The van der Waals surface area contributed by atoms with Crippen LogP contribution in [-0.4, -0.2) is 12.4 Å². The van der Waals surface area contributed by atoms with Gasteiger partial charge in [0.25, 0.3) is 0 Å². The lowest BCUT2D eigenvalue weighted by Crippen LogP contribution is -2.30. The molecular formula is C23H40O2. The molecule has 2 atom stereocenters. The third-order valence-corrected chi connectivity index (χ3v) is 6.14. The quantitative estimate of drug-likeness (QED) is 0.446. The molecule has 0 spiro atoms. The van der Waals surface area contributed by atoms with Gasteiger partial charge in [0.2, 0.25) is 5.79 Å². The van der Waals surface area contributed by atoms with Crippen LogP contribution in [0.25, 0.3) is 0 Å². The van der Waals surface area contributed by atoms with E-state index in [-0.39, 0.29) is 0 Å². The monoisotopic (exact) mass is 348 g/mol. The Kier molecular flexibility index (Phi) is 7.61. The highest BCUT2D eigenvalue weighted by Crippen LogP contribution is 2.35. The first kappa shape index (κ1) is 20.6. The fourth-order valence-electron chi connectivity index (χ4n) is 4.19. The van der Waals surface area contributed by atoms with E-state index in [0.717, 1.165) is 24.7 Å². The maximum absolute atomic E-state index is 6.22. The minimum absolute atomic E-state index is 0.533. The standard InChI is InChI=1S/C23H40O2/c1-17(2)19(4)22-13-12-21(16-18(22)3)25-23(5,6)24-15-14-20-10-8-7-9-11-20/h12-13,17-20H,7-11,14-16H2,1-6H3. The first-order valence-corrected chi connectivity index (χ1v) is 10.5. The summed E-state index contributed by atoms with van der Waals surface area (Å²) in [5.74, 6) is 3.26. The van der Waals surface area contributed by atoms with Crippen molar-refractivity contribution in [3.05, 3.63) is 23.5 Å². The summed E-state index contributed by atoms with van der Waals surface area (Å²) >= 11 is 0. The highest BCUT2D eigenvalue weighted by Gasteiger charge is 2.27. The van der Waals surface area contributed by atoms with Gasteiger partial charge < -0.3 is 9.47 Å². The van der Waals surface area contributed by atoms with Crippen LogP contribution in [0.2, 0.25) is 0 Å². The van der Waals surface area contributed by atoms with Gasteiger partial charge in [-0.05, 0) is 36.2 Å². The summed E-state index contributed by atoms with van der Waals surface area (Å²) in [6, 6.07) is 0. The second kappa shape index (κ2) is 9.26. The second-order valence-corrected chi connectivity index (χ2v) is 9.08. The maximum atomic E-state index is 6.22. The Morgan fingerprint density at radius 2 is 1.76 bits per heavy atom. The van der Waals surface area contributed by atoms with Crippen molar-refractivity contribution in [1.82, 2.24) is 0 Å². The van der Waals surface area contributed by atoms with E-state index in [4.69, 9.17) is 9.47 Å². The summed E-state index contributed by atoms with van der Waals surface area (Å²) in [5, 5.41) is 0. The molecule has 0 amide bonds. The van der Waals surface area contributed by atoms with E-state index in [9.17, 15) is 0 Å². The maximum Gasteiger partial charge on any atom is 0.204 e. The second-order valence-electron chi connectivity index (χ2n) is 9.08. The molecule has 1 saturated carbocycles. The first-order chi connectivity index (χ1) is 11.8. The predicted molar refractivity (Wildman–Crippen MR) is 106 cm³/mol. The van der Waals surface area contributed by atoms with Gasteiger partial charge in [0.05, 0.1) is 6.61 Å². The zero-order chi connectivity index (χ0) is 18.4. The molecule has 0 N–H and O–H groups in total. The Hall–Kier alpha value is -0.760. The van der Waals surface area contributed by atoms with Gasteiger partial charge in [-0.2, -0.15) is 0 Å². The molecule has 0 radical (unpaired) electrons. The number of ether oxygens (including phenoxy) is 2. The van der Waals surface area contributed by atoms with Crippen LogP contribution in [0.1, 0.15) is 86.5 Å². The molecule has 1 fully saturated rings. The molecule has 0 aliphatic heterocycles. The molecule has 2 rings (SSSR count). The van der Waals surface area contributed by atoms with Gasteiger partial charge in [-0.25, -0.2) is 0 Å². The first-order valence-electron chi connectivity index (χ1n) is 10.5. The van der Waals surface area contributed by atoms with E-state index in [2.05, 4.69) is 53.7 Å². The van der Waals surface area contributed by atoms with E-state index < -0.39 is 5.79 Å². The molecule has 0 aromatic rings. The van der Waals surface area contributed by atoms with E-state index in [1.165, 1.54) is 38.5 Å². The summed E-state index contributed by atoms with van der Waals surface area (Å²) in [6.45, 7) is 14.2. The zero-order valence-electron chi connectivity index (χ0n) is 17.4. The number of hydrogen-bond acceptors (Lipinski definition) is 2. The van der Waals surface area contributed by atoms with Gasteiger partial charge in [0, 0.05) is 20.3 Å². The lowest BCUT2D eigenvalue weighted by atomic mass is 9.79. The van der Waals surface area contributed by atoms with Crippen molar-refractivity contribution >= 4 is 0 Å². The average Bonchev–Trinajstić information content (AvgIpc) is 2.54. The summed E-state index contributed by atoms with van der Waals surface area (Å²) in [4.78, 5) is 0. The molecule has 144 valence electrons. The largest absolute Gasteiger partial charge is 0.467 e. The van der Waals surface area contributed by atoms with Crippen LogP contribution in [0.15, 0.2) is 23.5 Å². The molecule has 0 heterocycles. The fraction of sp³-hybridized carbons (Fsp3) is 0.826. The van der Waals surface area contributed by atoms with Crippen molar-refractivity contribution in [3.8, 4) is 0 Å². The Bertz CT molecular complexity index is 466. The normalized spacial score (nSPS) is 24.0. The summed E-state index contributed by atoms with van der Waals surface area (Å²) in [5.41, 5.74) is 1.55. The van der Waals surface area contributed by atoms with Gasteiger partial charge in [-0.1, -0.05) is 71.4 Å². The van der Waals surface area contributed by atoms with E-state index in [0.29, 0.717) is 17.8 Å². The number of rotatable bonds is 8. The minimum atomic E-state index is -0.533. The predicted octanol–water partition coefficient (Wildman–Crippen LogP) is 6.87. The molecule has 2 heteroatoms. The van der Waals surface area contributed by atoms with Crippen molar-refractivity contribution in [2.45, 2.75) is 92.3 Å². The molecule has 0 aromatic heterocycles. The molecule has 0 aromatic carbocycles.